The average Bonchev–Trinajstić information content (AvgIpc) is 3.14. The number of aliphatic hydroxyl groups excluding tert-OH is 2. The molecule has 2 fully saturated rings. The van der Waals surface area contributed by atoms with Crippen LogP contribution in [0.3, 0.4) is 0 Å². The molecular weight excluding hydrogens is 442 g/mol. The van der Waals surface area contributed by atoms with Crippen LogP contribution in [-0.2, 0) is 4.79 Å². The van der Waals surface area contributed by atoms with Gasteiger partial charge in [0.2, 0.25) is 5.91 Å². The minimum Gasteiger partial charge on any atom is -0.389 e. The first-order chi connectivity index (χ1) is 16.5. The van der Waals surface area contributed by atoms with Gasteiger partial charge in [-0.1, -0.05) is 5.21 Å². The zero-order chi connectivity index (χ0) is 23.6. The number of imidazole rings is 1. The first kappa shape index (κ1) is 20.6. The summed E-state index contributed by atoms with van der Waals surface area (Å²) in [4.78, 5) is 34.4. The molecule has 1 amide bonds. The molecule has 4 heterocycles. The molecule has 0 saturated heterocycles. The fraction of sp³-hybridized carbons (Fsp3) is 0.400. The van der Waals surface area contributed by atoms with Crippen molar-refractivity contribution >= 4 is 22.9 Å². The molecule has 2 aliphatic rings. The van der Waals surface area contributed by atoms with E-state index in [1.54, 1.807) is 42.6 Å². The molecule has 0 spiro atoms. The highest BCUT2D eigenvalue weighted by atomic mass is 16.3. The second kappa shape index (κ2) is 7.23. The first-order valence-corrected chi connectivity index (χ1v) is 10.7. The molecule has 4 aromatic heterocycles. The van der Waals surface area contributed by atoms with Crippen LogP contribution in [0.2, 0.25) is 0 Å². The maximum atomic E-state index is 12.5. The summed E-state index contributed by atoms with van der Waals surface area (Å²) < 4.78 is 3.10. The van der Waals surface area contributed by atoms with Crippen LogP contribution in [0.4, 0.5) is 5.82 Å². The summed E-state index contributed by atoms with van der Waals surface area (Å²) >= 11 is 0. The van der Waals surface area contributed by atoms with Crippen molar-refractivity contribution in [3.8, 4) is 17.5 Å². The Morgan fingerprint density at radius 2 is 1.97 bits per heavy atom. The quantitative estimate of drug-likeness (QED) is 0.283. The summed E-state index contributed by atoms with van der Waals surface area (Å²) in [5, 5.41) is 35.4. The number of nitrogens with one attached hydrogen (secondary N) is 2. The van der Waals surface area contributed by atoms with Crippen LogP contribution in [0.5, 0.6) is 0 Å². The van der Waals surface area contributed by atoms with E-state index < -0.39 is 23.7 Å². The zero-order valence-corrected chi connectivity index (χ0v) is 18.2. The van der Waals surface area contributed by atoms with Gasteiger partial charge >= 0.3 is 0 Å². The Hall–Kier alpha value is -4.04. The Morgan fingerprint density at radius 1 is 1.18 bits per heavy atom. The lowest BCUT2D eigenvalue weighted by atomic mass is 9.98. The smallest absolute Gasteiger partial charge is 0.256 e. The molecule has 14 nitrogen and oxygen atoms in total. The number of rotatable bonds is 5. The second-order valence-corrected chi connectivity index (χ2v) is 8.42. The second-order valence-electron chi connectivity index (χ2n) is 8.42. The van der Waals surface area contributed by atoms with Crippen LogP contribution in [0, 0.1) is 11.3 Å². The summed E-state index contributed by atoms with van der Waals surface area (Å²) in [5.74, 6) is 0.555. The number of fused-ring (bicyclic) bond motifs is 2. The Kier molecular flexibility index (Phi) is 4.37. The maximum absolute atomic E-state index is 12.5. The maximum Gasteiger partial charge on any atom is 0.256 e. The summed E-state index contributed by atoms with van der Waals surface area (Å²) in [5.41, 5.74) is 0.357. The number of carbonyl (C=O) groups is 1. The van der Waals surface area contributed by atoms with Gasteiger partial charge in [0, 0.05) is 32.4 Å². The largest absolute Gasteiger partial charge is 0.389 e. The molecule has 34 heavy (non-hydrogen) atoms. The van der Waals surface area contributed by atoms with Crippen LogP contribution < -0.4 is 10.6 Å². The minimum atomic E-state index is -1.19. The molecule has 6 rings (SSSR count). The Balaban J connectivity index is 1.44. The van der Waals surface area contributed by atoms with E-state index in [1.165, 1.54) is 11.7 Å². The predicted octanol–water partition coefficient (Wildman–Crippen LogP) is -1.07. The molecule has 0 unspecified atom stereocenters. The molecule has 4 N–H and O–H groups in total. The van der Waals surface area contributed by atoms with E-state index in [-0.39, 0.29) is 17.8 Å². The van der Waals surface area contributed by atoms with E-state index in [4.69, 9.17) is 0 Å². The number of aromatic nitrogens is 9. The van der Waals surface area contributed by atoms with Gasteiger partial charge in [0.1, 0.15) is 6.10 Å². The third-order valence-corrected chi connectivity index (χ3v) is 6.78. The van der Waals surface area contributed by atoms with Gasteiger partial charge in [0.15, 0.2) is 28.5 Å². The molecule has 0 radical (unpaired) electrons. The van der Waals surface area contributed by atoms with Gasteiger partial charge in [0.05, 0.1) is 30.1 Å². The predicted molar refractivity (Wildman–Crippen MR) is 116 cm³/mol. The van der Waals surface area contributed by atoms with Gasteiger partial charge in [0.25, 0.3) is 5.95 Å². The van der Waals surface area contributed by atoms with Gasteiger partial charge in [-0.25, -0.2) is 15.0 Å². The summed E-state index contributed by atoms with van der Waals surface area (Å²) in [6.07, 6.45) is 4.51. The Bertz CT molecular complexity index is 1400. The molecule has 4 aromatic rings. The van der Waals surface area contributed by atoms with Crippen molar-refractivity contribution in [2.24, 2.45) is 11.3 Å². The van der Waals surface area contributed by atoms with Gasteiger partial charge in [-0.15, -0.1) is 5.10 Å². The molecular formula is C20H21N11O3. The van der Waals surface area contributed by atoms with E-state index in [2.05, 4.69) is 45.9 Å². The fourth-order valence-electron chi connectivity index (χ4n) is 5.08. The van der Waals surface area contributed by atoms with Crippen LogP contribution in [0.15, 0.2) is 31.0 Å². The third-order valence-electron chi connectivity index (χ3n) is 6.78. The van der Waals surface area contributed by atoms with E-state index in [9.17, 15) is 15.0 Å². The Morgan fingerprint density at radius 3 is 2.71 bits per heavy atom. The number of amides is 1. The lowest BCUT2D eigenvalue weighted by Crippen LogP contribution is -2.41. The highest BCUT2D eigenvalue weighted by Crippen LogP contribution is 2.67. The van der Waals surface area contributed by atoms with Crippen molar-refractivity contribution in [1.29, 1.82) is 0 Å². The van der Waals surface area contributed by atoms with E-state index in [1.807, 2.05) is 0 Å². The molecule has 174 valence electrons. The highest BCUT2D eigenvalue weighted by Gasteiger charge is 2.75. The average molecular weight is 463 g/mol. The van der Waals surface area contributed by atoms with Gasteiger partial charge in [-0.05, 0) is 12.5 Å². The highest BCUT2D eigenvalue weighted by molar-refractivity contribution is 5.88. The molecule has 0 aromatic carbocycles. The zero-order valence-electron chi connectivity index (χ0n) is 18.2. The SMILES string of the molecule is CNC(=O)[C@@]12C[C@@H]1[C@@H](n1cnc3c(NC)nc(-n4cc(-c5ncccn5)nn4)nc31)[C@H](O)[C@@H]2O. The number of carbonyl (C=O) groups excluding carboxylic acids is 1. The van der Waals surface area contributed by atoms with Crippen molar-refractivity contribution in [2.45, 2.75) is 24.7 Å². The Labute approximate surface area is 192 Å². The van der Waals surface area contributed by atoms with E-state index in [0.29, 0.717) is 34.9 Å². The van der Waals surface area contributed by atoms with Gasteiger partial charge in [-0.3, -0.25) is 4.79 Å². The van der Waals surface area contributed by atoms with Gasteiger partial charge in [-0.2, -0.15) is 14.6 Å². The first-order valence-electron chi connectivity index (χ1n) is 10.7. The number of hydrogen-bond donors (Lipinski definition) is 4. The van der Waals surface area contributed by atoms with E-state index >= 15 is 0 Å². The lowest BCUT2D eigenvalue weighted by molar-refractivity contribution is -0.132. The van der Waals surface area contributed by atoms with Crippen LogP contribution in [0.25, 0.3) is 28.6 Å². The van der Waals surface area contributed by atoms with Crippen molar-refractivity contribution in [3.05, 3.63) is 31.0 Å². The molecule has 2 aliphatic carbocycles. The molecule has 0 bridgehead atoms. The van der Waals surface area contributed by atoms with E-state index in [0.717, 1.165) is 0 Å². The molecule has 5 atom stereocenters. The third kappa shape index (κ3) is 2.69. The lowest BCUT2D eigenvalue weighted by Gasteiger charge is -2.23. The van der Waals surface area contributed by atoms with Crippen LogP contribution in [0.1, 0.15) is 12.5 Å². The number of hydrogen-bond acceptors (Lipinski definition) is 11. The molecule has 14 heteroatoms. The number of aliphatic hydroxyl groups is 2. The topological polar surface area (TPSA) is 182 Å². The van der Waals surface area contributed by atoms with Crippen molar-refractivity contribution in [1.82, 2.24) is 49.8 Å². The standard InChI is InChI=1S/C20H21N11O3/c1-21-16-11-17(27-19(26-16)31-7-10(28-29-31)15-23-4-3-5-24-15)30(8-25-11)12-9-6-20(9,18(34)22-2)14(33)13(12)32/h3-5,7-9,12-14,32-33H,6H2,1-2H3,(H,22,34)(H,21,26,27)/t9-,12-,13+,14+,20+/m1/s1. The van der Waals surface area contributed by atoms with Crippen molar-refractivity contribution in [2.75, 3.05) is 19.4 Å². The number of anilines is 1. The monoisotopic (exact) mass is 463 g/mol. The van der Waals surface area contributed by atoms with Crippen molar-refractivity contribution < 1.29 is 15.0 Å². The van der Waals surface area contributed by atoms with Crippen LogP contribution in [-0.4, -0.2) is 86.9 Å². The number of nitrogens with zero attached hydrogens (tertiary/aromatic N) is 9. The normalized spacial score (nSPS) is 27.5. The van der Waals surface area contributed by atoms with Crippen LogP contribution >= 0.6 is 0 Å². The summed E-state index contributed by atoms with van der Waals surface area (Å²) in [7, 11) is 3.23. The minimum absolute atomic E-state index is 0.217. The summed E-state index contributed by atoms with van der Waals surface area (Å²) in [6, 6.07) is 1.13. The van der Waals surface area contributed by atoms with Gasteiger partial charge < -0.3 is 25.4 Å². The summed E-state index contributed by atoms with van der Waals surface area (Å²) in [6.45, 7) is 0. The fourth-order valence-corrected chi connectivity index (χ4v) is 5.08. The van der Waals surface area contributed by atoms with Crippen molar-refractivity contribution in [3.63, 3.8) is 0 Å². The molecule has 0 aliphatic heterocycles. The molecule has 2 saturated carbocycles.